The van der Waals surface area contributed by atoms with Crippen molar-refractivity contribution in [1.29, 1.82) is 0 Å². The molecule has 0 unspecified atom stereocenters. The number of ether oxygens (including phenoxy) is 1. The molecule has 2 aromatic heterocycles. The number of pyridine rings is 1. The van der Waals surface area contributed by atoms with E-state index in [0.29, 0.717) is 23.7 Å². The SMILES string of the molecule is CC.CCOC=O.Cc1cc(Cl)nc2c(=O)[nH]cnc12. The normalized spacial score (nSPS) is 8.85. The summed E-state index contributed by atoms with van der Waals surface area (Å²) in [5.41, 5.74) is 1.46. The van der Waals surface area contributed by atoms with Crippen LogP contribution in [0.5, 0.6) is 0 Å². The predicted molar refractivity (Wildman–Crippen MR) is 78.9 cm³/mol. The number of nitrogens with zero attached hydrogens (tertiary/aromatic N) is 2. The molecule has 1 N–H and O–H groups in total. The van der Waals surface area contributed by atoms with Crippen LogP contribution in [0.1, 0.15) is 26.3 Å². The summed E-state index contributed by atoms with van der Waals surface area (Å²) < 4.78 is 4.15. The van der Waals surface area contributed by atoms with Crippen LogP contribution in [0.3, 0.4) is 0 Å². The number of carbonyl (C=O) groups is 1. The summed E-state index contributed by atoms with van der Waals surface area (Å²) in [6, 6.07) is 1.68. The van der Waals surface area contributed by atoms with Crippen molar-refractivity contribution in [2.75, 3.05) is 6.61 Å². The van der Waals surface area contributed by atoms with Gasteiger partial charge in [0.15, 0.2) is 5.52 Å². The van der Waals surface area contributed by atoms with Gasteiger partial charge < -0.3 is 9.72 Å². The van der Waals surface area contributed by atoms with Crippen molar-refractivity contribution in [1.82, 2.24) is 15.0 Å². The third kappa shape index (κ3) is 5.36. The smallest absolute Gasteiger partial charge is 0.293 e. The Morgan fingerprint density at radius 1 is 1.40 bits per heavy atom. The minimum atomic E-state index is -0.268. The zero-order chi connectivity index (χ0) is 15.5. The molecule has 0 fully saturated rings. The molecule has 2 rings (SSSR count). The van der Waals surface area contributed by atoms with Crippen LogP contribution in [0.4, 0.5) is 0 Å². The fourth-order valence-electron chi connectivity index (χ4n) is 1.24. The average molecular weight is 300 g/mol. The molecular formula is C13H18ClN3O3. The van der Waals surface area contributed by atoms with Crippen molar-refractivity contribution >= 4 is 29.1 Å². The number of carbonyl (C=O) groups excluding carboxylic acids is 1. The van der Waals surface area contributed by atoms with E-state index in [-0.39, 0.29) is 11.1 Å². The van der Waals surface area contributed by atoms with Crippen molar-refractivity contribution in [3.63, 3.8) is 0 Å². The summed E-state index contributed by atoms with van der Waals surface area (Å²) in [5, 5.41) is 0.309. The molecular weight excluding hydrogens is 282 g/mol. The summed E-state index contributed by atoms with van der Waals surface area (Å²) >= 11 is 5.70. The number of hydrogen-bond donors (Lipinski definition) is 1. The second kappa shape index (κ2) is 9.91. The topological polar surface area (TPSA) is 84.9 Å². The highest BCUT2D eigenvalue weighted by molar-refractivity contribution is 6.29. The maximum Gasteiger partial charge on any atom is 0.293 e. The maximum absolute atomic E-state index is 11.3. The molecule has 0 amide bonds. The van der Waals surface area contributed by atoms with E-state index in [2.05, 4.69) is 19.7 Å². The number of hydrogen-bond acceptors (Lipinski definition) is 5. The molecule has 0 bridgehead atoms. The van der Waals surface area contributed by atoms with Crippen molar-refractivity contribution in [2.24, 2.45) is 0 Å². The molecule has 0 saturated carbocycles. The number of aromatic nitrogens is 3. The molecule has 0 aliphatic heterocycles. The summed E-state index contributed by atoms with van der Waals surface area (Å²) in [4.78, 5) is 30.8. The Morgan fingerprint density at radius 2 is 2.05 bits per heavy atom. The van der Waals surface area contributed by atoms with Gasteiger partial charge >= 0.3 is 0 Å². The first-order valence-electron chi connectivity index (χ1n) is 6.16. The second-order valence-corrected chi connectivity index (χ2v) is 3.63. The molecule has 0 aromatic carbocycles. The van der Waals surface area contributed by atoms with E-state index in [0.717, 1.165) is 5.56 Å². The lowest BCUT2D eigenvalue weighted by molar-refractivity contribution is -0.128. The van der Waals surface area contributed by atoms with Gasteiger partial charge in [-0.3, -0.25) is 9.59 Å². The number of H-pyrrole nitrogens is 1. The van der Waals surface area contributed by atoms with Crippen molar-refractivity contribution in [3.05, 3.63) is 33.5 Å². The minimum absolute atomic E-state index is 0.268. The van der Waals surface area contributed by atoms with E-state index in [4.69, 9.17) is 11.6 Å². The molecule has 110 valence electrons. The fraction of sp³-hybridized carbons (Fsp3) is 0.385. The Hall–Kier alpha value is -1.95. The summed E-state index contributed by atoms with van der Waals surface area (Å²) in [6.07, 6.45) is 1.35. The van der Waals surface area contributed by atoms with Crippen LogP contribution >= 0.6 is 11.6 Å². The van der Waals surface area contributed by atoms with E-state index >= 15 is 0 Å². The summed E-state index contributed by atoms with van der Waals surface area (Å²) in [7, 11) is 0. The van der Waals surface area contributed by atoms with Gasteiger partial charge in [0.05, 0.1) is 18.5 Å². The summed E-state index contributed by atoms with van der Waals surface area (Å²) in [5.74, 6) is 0. The van der Waals surface area contributed by atoms with Crippen LogP contribution in [0, 0.1) is 6.92 Å². The van der Waals surface area contributed by atoms with E-state index in [9.17, 15) is 9.59 Å². The molecule has 6 nitrogen and oxygen atoms in total. The van der Waals surface area contributed by atoms with Gasteiger partial charge in [0.25, 0.3) is 12.0 Å². The molecule has 7 heteroatoms. The Kier molecular flexibility index (Phi) is 8.95. The Balaban J connectivity index is 0.000000441. The minimum Gasteiger partial charge on any atom is -0.468 e. The third-order valence-electron chi connectivity index (χ3n) is 1.99. The van der Waals surface area contributed by atoms with Crippen LogP contribution in [-0.2, 0) is 9.53 Å². The Morgan fingerprint density at radius 3 is 2.55 bits per heavy atom. The van der Waals surface area contributed by atoms with Gasteiger partial charge in [-0.15, -0.1) is 0 Å². The average Bonchev–Trinajstić information content (AvgIpc) is 2.44. The van der Waals surface area contributed by atoms with Gasteiger partial charge in [0.1, 0.15) is 5.15 Å². The monoisotopic (exact) mass is 299 g/mol. The highest BCUT2D eigenvalue weighted by atomic mass is 35.5. The number of fused-ring (bicyclic) bond motifs is 1. The molecule has 20 heavy (non-hydrogen) atoms. The quantitative estimate of drug-likeness (QED) is 0.680. The van der Waals surface area contributed by atoms with Crippen LogP contribution in [0.15, 0.2) is 17.2 Å². The summed E-state index contributed by atoms with van der Waals surface area (Å²) in [6.45, 7) is 8.50. The molecule has 2 heterocycles. The van der Waals surface area contributed by atoms with Gasteiger partial charge in [0.2, 0.25) is 0 Å². The maximum atomic E-state index is 11.3. The molecule has 0 saturated heterocycles. The lowest BCUT2D eigenvalue weighted by Crippen LogP contribution is -2.08. The third-order valence-corrected chi connectivity index (χ3v) is 2.18. The lowest BCUT2D eigenvalue weighted by Gasteiger charge is -1.98. The second-order valence-electron chi connectivity index (χ2n) is 3.24. The van der Waals surface area contributed by atoms with Crippen molar-refractivity contribution in [3.8, 4) is 0 Å². The first kappa shape index (κ1) is 18.0. The lowest BCUT2D eigenvalue weighted by atomic mass is 10.2. The zero-order valence-electron chi connectivity index (χ0n) is 11.9. The Bertz CT molecular complexity index is 599. The van der Waals surface area contributed by atoms with E-state index in [1.165, 1.54) is 6.33 Å². The first-order valence-corrected chi connectivity index (χ1v) is 6.53. The fourth-order valence-corrected chi connectivity index (χ4v) is 1.49. The largest absolute Gasteiger partial charge is 0.468 e. The molecule has 0 spiro atoms. The van der Waals surface area contributed by atoms with E-state index in [1.54, 1.807) is 13.0 Å². The standard InChI is InChI=1S/C8H6ClN3O.C3H6O2.C2H6/c1-4-2-5(9)12-7-6(4)10-3-11-8(7)13;1-2-5-3-4;1-2/h2-3H,1H3,(H,10,11,13);3H,2H2,1H3;1-2H3. The van der Waals surface area contributed by atoms with Crippen LogP contribution in [0.2, 0.25) is 5.15 Å². The van der Waals surface area contributed by atoms with Crippen LogP contribution in [0.25, 0.3) is 11.0 Å². The van der Waals surface area contributed by atoms with Gasteiger partial charge in [-0.25, -0.2) is 9.97 Å². The van der Waals surface area contributed by atoms with Crippen LogP contribution in [-0.4, -0.2) is 28.0 Å². The van der Waals surface area contributed by atoms with Crippen LogP contribution < -0.4 is 5.56 Å². The zero-order valence-corrected chi connectivity index (χ0v) is 12.7. The Labute approximate surface area is 122 Å². The first-order chi connectivity index (χ1) is 9.60. The predicted octanol–water partition coefficient (Wildman–Crippen LogP) is 2.49. The highest BCUT2D eigenvalue weighted by Crippen LogP contribution is 2.14. The van der Waals surface area contributed by atoms with Gasteiger partial charge in [-0.1, -0.05) is 25.4 Å². The molecule has 0 radical (unpaired) electrons. The van der Waals surface area contributed by atoms with Gasteiger partial charge in [-0.05, 0) is 25.5 Å². The van der Waals surface area contributed by atoms with Gasteiger partial charge in [0, 0.05) is 0 Å². The van der Waals surface area contributed by atoms with Crippen molar-refractivity contribution in [2.45, 2.75) is 27.7 Å². The molecule has 0 atom stereocenters. The molecule has 0 aliphatic carbocycles. The van der Waals surface area contributed by atoms with Gasteiger partial charge in [-0.2, -0.15) is 0 Å². The number of aryl methyl sites for hydroxylation is 1. The highest BCUT2D eigenvalue weighted by Gasteiger charge is 2.04. The number of aromatic amines is 1. The van der Waals surface area contributed by atoms with E-state index in [1.807, 2.05) is 20.8 Å². The van der Waals surface area contributed by atoms with Crippen molar-refractivity contribution < 1.29 is 9.53 Å². The number of nitrogens with one attached hydrogen (secondary N) is 1. The van der Waals surface area contributed by atoms with E-state index < -0.39 is 0 Å². The molecule has 2 aromatic rings. The molecule has 0 aliphatic rings. The number of halogens is 1. The number of rotatable bonds is 2.